The number of ether oxygens (including phenoxy) is 1. The molecule has 7 heteroatoms. The lowest BCUT2D eigenvalue weighted by Gasteiger charge is -2.09. The molecule has 0 saturated heterocycles. The SMILES string of the molecule is CCn1c(C)c(C(=O)NCc2ccco2)c2cc(OCC(=O)NCc3ccccc3)ccc21. The summed E-state index contributed by atoms with van der Waals surface area (Å²) >= 11 is 0. The zero-order valence-electron chi connectivity index (χ0n) is 18.8. The number of hydrogen-bond acceptors (Lipinski definition) is 4. The summed E-state index contributed by atoms with van der Waals surface area (Å²) in [6.07, 6.45) is 1.58. The minimum Gasteiger partial charge on any atom is -0.484 e. The quantitative estimate of drug-likeness (QED) is 0.405. The summed E-state index contributed by atoms with van der Waals surface area (Å²) in [5.41, 5.74) is 3.44. The van der Waals surface area contributed by atoms with Crippen molar-refractivity contribution in [2.24, 2.45) is 0 Å². The molecule has 2 amide bonds. The van der Waals surface area contributed by atoms with Gasteiger partial charge in [0.15, 0.2) is 6.61 Å². The number of nitrogens with one attached hydrogen (secondary N) is 2. The molecule has 4 aromatic rings. The Kier molecular flexibility index (Phi) is 6.78. The minimum absolute atomic E-state index is 0.105. The van der Waals surface area contributed by atoms with E-state index < -0.39 is 0 Å². The van der Waals surface area contributed by atoms with Crippen LogP contribution in [-0.2, 0) is 24.4 Å². The number of nitrogens with zero attached hydrogens (tertiary/aromatic N) is 1. The van der Waals surface area contributed by atoms with Crippen LogP contribution < -0.4 is 15.4 Å². The molecule has 0 atom stereocenters. The van der Waals surface area contributed by atoms with Crippen LogP contribution in [-0.4, -0.2) is 23.0 Å². The highest BCUT2D eigenvalue weighted by atomic mass is 16.5. The Morgan fingerprint density at radius 3 is 2.55 bits per heavy atom. The minimum atomic E-state index is -0.210. The summed E-state index contributed by atoms with van der Waals surface area (Å²) in [6, 6.07) is 18.9. The van der Waals surface area contributed by atoms with E-state index in [0.29, 0.717) is 30.2 Å². The van der Waals surface area contributed by atoms with Crippen LogP contribution in [0.2, 0.25) is 0 Å². The predicted molar refractivity (Wildman–Crippen MR) is 126 cm³/mol. The van der Waals surface area contributed by atoms with Gasteiger partial charge in [-0.05, 0) is 49.7 Å². The second-order valence-corrected chi connectivity index (χ2v) is 7.70. The first-order valence-corrected chi connectivity index (χ1v) is 10.9. The van der Waals surface area contributed by atoms with E-state index in [2.05, 4.69) is 15.2 Å². The Morgan fingerprint density at radius 1 is 1.00 bits per heavy atom. The Bertz CT molecular complexity index is 1240. The van der Waals surface area contributed by atoms with E-state index in [-0.39, 0.29) is 18.4 Å². The monoisotopic (exact) mass is 445 g/mol. The van der Waals surface area contributed by atoms with Crippen molar-refractivity contribution in [3.63, 3.8) is 0 Å². The number of carbonyl (C=O) groups is 2. The molecule has 0 unspecified atom stereocenters. The first kappa shape index (κ1) is 22.2. The normalized spacial score (nSPS) is 10.8. The molecule has 2 N–H and O–H groups in total. The van der Waals surface area contributed by atoms with Gasteiger partial charge in [-0.1, -0.05) is 30.3 Å². The standard InChI is InChI=1S/C26H27N3O4/c1-3-29-18(2)25(26(31)28-16-21-10-7-13-32-21)22-14-20(11-12-23(22)29)33-17-24(30)27-15-19-8-5-4-6-9-19/h4-14H,3,15-17H2,1-2H3,(H,27,30)(H,28,31). The lowest BCUT2D eigenvalue weighted by molar-refractivity contribution is -0.123. The maximum Gasteiger partial charge on any atom is 0.258 e. The van der Waals surface area contributed by atoms with E-state index in [1.165, 1.54) is 0 Å². The predicted octanol–water partition coefficient (Wildman–Crippen LogP) is 4.19. The molecule has 33 heavy (non-hydrogen) atoms. The highest BCUT2D eigenvalue weighted by Gasteiger charge is 2.20. The lowest BCUT2D eigenvalue weighted by atomic mass is 10.1. The fraction of sp³-hybridized carbons (Fsp3) is 0.231. The van der Waals surface area contributed by atoms with Crippen LogP contribution >= 0.6 is 0 Å². The molecule has 0 spiro atoms. The molecule has 0 fully saturated rings. The first-order chi connectivity index (χ1) is 16.1. The molecule has 170 valence electrons. The Morgan fingerprint density at radius 2 is 1.82 bits per heavy atom. The maximum absolute atomic E-state index is 13.0. The maximum atomic E-state index is 13.0. The van der Waals surface area contributed by atoms with Gasteiger partial charge in [-0.2, -0.15) is 0 Å². The van der Waals surface area contributed by atoms with E-state index in [1.807, 2.05) is 68.4 Å². The van der Waals surface area contributed by atoms with E-state index in [0.717, 1.165) is 28.7 Å². The molecule has 0 aliphatic carbocycles. The Labute approximate surface area is 192 Å². The third kappa shape index (κ3) is 5.09. The number of fused-ring (bicyclic) bond motifs is 1. The summed E-state index contributed by atoms with van der Waals surface area (Å²) in [7, 11) is 0. The van der Waals surface area contributed by atoms with Crippen LogP contribution in [0.3, 0.4) is 0 Å². The molecular weight excluding hydrogens is 418 g/mol. The van der Waals surface area contributed by atoms with E-state index >= 15 is 0 Å². The largest absolute Gasteiger partial charge is 0.484 e. The highest BCUT2D eigenvalue weighted by Crippen LogP contribution is 2.29. The van der Waals surface area contributed by atoms with Gasteiger partial charge in [0, 0.05) is 29.7 Å². The third-order valence-corrected chi connectivity index (χ3v) is 5.54. The molecule has 0 radical (unpaired) electrons. The van der Waals surface area contributed by atoms with Crippen LogP contribution in [0.5, 0.6) is 5.75 Å². The van der Waals surface area contributed by atoms with Crippen molar-refractivity contribution < 1.29 is 18.7 Å². The number of aryl methyl sites for hydroxylation is 1. The van der Waals surface area contributed by atoms with Gasteiger partial charge in [0.1, 0.15) is 11.5 Å². The van der Waals surface area contributed by atoms with Gasteiger partial charge in [-0.3, -0.25) is 9.59 Å². The summed E-state index contributed by atoms with van der Waals surface area (Å²) in [4.78, 5) is 25.2. The van der Waals surface area contributed by atoms with Crippen molar-refractivity contribution in [2.45, 2.75) is 33.5 Å². The van der Waals surface area contributed by atoms with Gasteiger partial charge in [0.05, 0.1) is 18.4 Å². The zero-order valence-corrected chi connectivity index (χ0v) is 18.8. The second-order valence-electron chi connectivity index (χ2n) is 7.70. The first-order valence-electron chi connectivity index (χ1n) is 10.9. The smallest absolute Gasteiger partial charge is 0.258 e. The molecule has 2 aromatic carbocycles. The molecule has 0 saturated carbocycles. The van der Waals surface area contributed by atoms with Gasteiger partial charge < -0.3 is 24.4 Å². The van der Waals surface area contributed by atoms with Crippen molar-refractivity contribution in [3.05, 3.63) is 89.5 Å². The zero-order chi connectivity index (χ0) is 23.2. The van der Waals surface area contributed by atoms with Crippen molar-refractivity contribution in [1.29, 1.82) is 0 Å². The Balaban J connectivity index is 1.47. The van der Waals surface area contributed by atoms with E-state index in [9.17, 15) is 9.59 Å². The van der Waals surface area contributed by atoms with Crippen LogP contribution in [0.1, 0.15) is 34.3 Å². The van der Waals surface area contributed by atoms with Crippen molar-refractivity contribution in [3.8, 4) is 5.75 Å². The van der Waals surface area contributed by atoms with Crippen molar-refractivity contribution >= 4 is 22.7 Å². The molecule has 2 heterocycles. The van der Waals surface area contributed by atoms with E-state index in [4.69, 9.17) is 9.15 Å². The summed E-state index contributed by atoms with van der Waals surface area (Å²) < 4.78 is 13.1. The van der Waals surface area contributed by atoms with Crippen molar-refractivity contribution in [1.82, 2.24) is 15.2 Å². The summed E-state index contributed by atoms with van der Waals surface area (Å²) in [5.74, 6) is 0.827. The third-order valence-electron chi connectivity index (χ3n) is 5.54. The molecule has 0 bridgehead atoms. The highest BCUT2D eigenvalue weighted by molar-refractivity contribution is 6.08. The fourth-order valence-electron chi connectivity index (χ4n) is 3.91. The summed E-state index contributed by atoms with van der Waals surface area (Å²) in [5, 5.41) is 6.56. The number of carbonyl (C=O) groups excluding carboxylic acids is 2. The van der Waals surface area contributed by atoms with Crippen LogP contribution in [0.4, 0.5) is 0 Å². The van der Waals surface area contributed by atoms with Gasteiger partial charge >= 0.3 is 0 Å². The van der Waals surface area contributed by atoms with Crippen LogP contribution in [0, 0.1) is 6.92 Å². The molecule has 0 aliphatic rings. The second kappa shape index (κ2) is 10.1. The average molecular weight is 446 g/mol. The molecule has 0 aliphatic heterocycles. The molecule has 2 aromatic heterocycles. The van der Waals surface area contributed by atoms with Crippen molar-refractivity contribution in [2.75, 3.05) is 6.61 Å². The molecule has 7 nitrogen and oxygen atoms in total. The van der Waals surface area contributed by atoms with Gasteiger partial charge in [-0.25, -0.2) is 0 Å². The summed E-state index contributed by atoms with van der Waals surface area (Å²) in [6.45, 7) is 5.35. The topological polar surface area (TPSA) is 85.5 Å². The average Bonchev–Trinajstić information content (AvgIpc) is 3.45. The Hall–Kier alpha value is -4.00. The fourth-order valence-corrected chi connectivity index (χ4v) is 3.91. The van der Waals surface area contributed by atoms with Crippen LogP contribution in [0.25, 0.3) is 10.9 Å². The number of furan rings is 1. The van der Waals surface area contributed by atoms with Gasteiger partial charge in [0.2, 0.25) is 0 Å². The number of rotatable bonds is 9. The van der Waals surface area contributed by atoms with Crippen LogP contribution in [0.15, 0.2) is 71.3 Å². The van der Waals surface area contributed by atoms with Gasteiger partial charge in [0.25, 0.3) is 11.8 Å². The number of amides is 2. The van der Waals surface area contributed by atoms with Gasteiger partial charge in [-0.15, -0.1) is 0 Å². The lowest BCUT2D eigenvalue weighted by Crippen LogP contribution is -2.28. The number of aromatic nitrogens is 1. The number of hydrogen-bond donors (Lipinski definition) is 2. The molecule has 4 rings (SSSR count). The molecular formula is C26H27N3O4. The number of benzene rings is 2. The van der Waals surface area contributed by atoms with E-state index in [1.54, 1.807) is 12.3 Å².